The minimum absolute atomic E-state index is 0.394. The molecule has 0 saturated carbocycles. The molecule has 0 amide bonds. The lowest BCUT2D eigenvalue weighted by atomic mass is 10.1. The van der Waals surface area contributed by atoms with Crippen molar-refractivity contribution in [2.75, 3.05) is 6.61 Å². The van der Waals surface area contributed by atoms with E-state index in [9.17, 15) is 0 Å². The number of aryl methyl sites for hydroxylation is 1. The fourth-order valence-corrected chi connectivity index (χ4v) is 2.58. The van der Waals surface area contributed by atoms with E-state index in [2.05, 4.69) is 22.6 Å². The third-order valence-corrected chi connectivity index (χ3v) is 3.73. The van der Waals surface area contributed by atoms with Crippen LogP contribution in [-0.4, -0.2) is 23.7 Å². The first-order valence-electron chi connectivity index (χ1n) is 5.51. The van der Waals surface area contributed by atoms with Gasteiger partial charge in [-0.3, -0.25) is 0 Å². The zero-order valence-electron chi connectivity index (χ0n) is 9.32. The average Bonchev–Trinajstić information content (AvgIpc) is 2.84. The van der Waals surface area contributed by atoms with Gasteiger partial charge >= 0.3 is 0 Å². The lowest BCUT2D eigenvalue weighted by molar-refractivity contribution is 0.0832. The molecule has 0 radical (unpaired) electrons. The number of ether oxygens (including phenoxy) is 1. The Morgan fingerprint density at radius 3 is 3.20 bits per heavy atom. The Morgan fingerprint density at radius 2 is 2.60 bits per heavy atom. The summed E-state index contributed by atoms with van der Waals surface area (Å²) in [6.07, 6.45) is 2.78. The summed E-state index contributed by atoms with van der Waals surface area (Å²) in [4.78, 5) is 4.42. The van der Waals surface area contributed by atoms with Gasteiger partial charge in [0.1, 0.15) is 5.01 Å². The predicted molar refractivity (Wildman–Crippen MR) is 62.1 cm³/mol. The van der Waals surface area contributed by atoms with Gasteiger partial charge in [-0.15, -0.1) is 11.3 Å². The van der Waals surface area contributed by atoms with Gasteiger partial charge in [-0.25, -0.2) is 4.98 Å². The number of nitrogens with zero attached hydrogens (tertiary/aromatic N) is 1. The summed E-state index contributed by atoms with van der Waals surface area (Å²) in [5, 5.41) is 6.73. The van der Waals surface area contributed by atoms with Crippen LogP contribution in [0.2, 0.25) is 0 Å². The molecule has 1 saturated heterocycles. The van der Waals surface area contributed by atoms with Gasteiger partial charge in [0.25, 0.3) is 0 Å². The number of hydrogen-bond acceptors (Lipinski definition) is 4. The Morgan fingerprint density at radius 1 is 1.73 bits per heavy atom. The first-order valence-corrected chi connectivity index (χ1v) is 6.39. The SMILES string of the molecule is Cc1csc(CNC(C)C2CCCO2)n1. The van der Waals surface area contributed by atoms with Crippen molar-refractivity contribution in [2.24, 2.45) is 0 Å². The second-order valence-corrected chi connectivity index (χ2v) is 5.05. The van der Waals surface area contributed by atoms with Gasteiger partial charge in [-0.1, -0.05) is 0 Å². The smallest absolute Gasteiger partial charge is 0.107 e. The van der Waals surface area contributed by atoms with Gasteiger partial charge in [0.05, 0.1) is 6.10 Å². The molecule has 15 heavy (non-hydrogen) atoms. The van der Waals surface area contributed by atoms with Crippen molar-refractivity contribution < 1.29 is 4.74 Å². The predicted octanol–water partition coefficient (Wildman–Crippen LogP) is 2.11. The van der Waals surface area contributed by atoms with Crippen molar-refractivity contribution in [3.05, 3.63) is 16.1 Å². The number of hydrogen-bond donors (Lipinski definition) is 1. The normalized spacial score (nSPS) is 23.2. The van der Waals surface area contributed by atoms with Crippen molar-refractivity contribution in [3.63, 3.8) is 0 Å². The van der Waals surface area contributed by atoms with Crippen molar-refractivity contribution >= 4 is 11.3 Å². The standard InChI is InChI=1S/C11H18N2OS/c1-8-7-15-11(13-8)6-12-9(2)10-4-3-5-14-10/h7,9-10,12H,3-6H2,1-2H3. The quantitative estimate of drug-likeness (QED) is 0.854. The molecule has 2 unspecified atom stereocenters. The summed E-state index contributed by atoms with van der Waals surface area (Å²) in [7, 11) is 0. The molecule has 1 aliphatic heterocycles. The van der Waals surface area contributed by atoms with E-state index in [1.807, 2.05) is 6.92 Å². The summed E-state index contributed by atoms with van der Waals surface area (Å²) in [5.41, 5.74) is 1.11. The van der Waals surface area contributed by atoms with E-state index in [0.29, 0.717) is 12.1 Å². The summed E-state index contributed by atoms with van der Waals surface area (Å²) in [5.74, 6) is 0. The van der Waals surface area contributed by atoms with Crippen LogP contribution >= 0.6 is 11.3 Å². The zero-order valence-corrected chi connectivity index (χ0v) is 10.1. The van der Waals surface area contributed by atoms with Crippen LogP contribution in [0, 0.1) is 6.92 Å². The molecular weight excluding hydrogens is 208 g/mol. The monoisotopic (exact) mass is 226 g/mol. The van der Waals surface area contributed by atoms with Crippen molar-refractivity contribution in [3.8, 4) is 0 Å². The number of rotatable bonds is 4. The molecule has 0 spiro atoms. The van der Waals surface area contributed by atoms with E-state index in [1.165, 1.54) is 12.8 Å². The zero-order chi connectivity index (χ0) is 10.7. The molecule has 0 aromatic carbocycles. The highest BCUT2D eigenvalue weighted by atomic mass is 32.1. The third kappa shape index (κ3) is 3.00. The lowest BCUT2D eigenvalue weighted by Crippen LogP contribution is -2.36. The number of aromatic nitrogens is 1. The highest BCUT2D eigenvalue weighted by Gasteiger charge is 2.21. The topological polar surface area (TPSA) is 34.1 Å². The maximum Gasteiger partial charge on any atom is 0.107 e. The van der Waals surface area contributed by atoms with Crippen molar-refractivity contribution in [2.45, 2.75) is 45.4 Å². The Kier molecular flexibility index (Phi) is 3.72. The maximum atomic E-state index is 5.63. The van der Waals surface area contributed by atoms with Crippen LogP contribution in [0.4, 0.5) is 0 Å². The first-order chi connectivity index (χ1) is 7.25. The average molecular weight is 226 g/mol. The molecule has 1 aromatic heterocycles. The van der Waals surface area contributed by atoms with Crippen LogP contribution in [0.5, 0.6) is 0 Å². The van der Waals surface area contributed by atoms with Crippen LogP contribution in [0.25, 0.3) is 0 Å². The molecule has 1 N–H and O–H groups in total. The molecule has 1 aliphatic rings. The largest absolute Gasteiger partial charge is 0.377 e. The Hall–Kier alpha value is -0.450. The maximum absolute atomic E-state index is 5.63. The first kappa shape index (κ1) is 11.0. The summed E-state index contributed by atoms with van der Waals surface area (Å²) in [6, 6.07) is 0.428. The molecular formula is C11H18N2OS. The van der Waals surface area contributed by atoms with Crippen molar-refractivity contribution in [1.82, 2.24) is 10.3 Å². The number of nitrogens with one attached hydrogen (secondary N) is 1. The fraction of sp³-hybridized carbons (Fsp3) is 0.727. The summed E-state index contributed by atoms with van der Waals surface area (Å²) < 4.78 is 5.63. The minimum Gasteiger partial charge on any atom is -0.377 e. The Labute approximate surface area is 94.9 Å². The third-order valence-electron chi connectivity index (χ3n) is 2.76. The van der Waals surface area contributed by atoms with Crippen LogP contribution < -0.4 is 5.32 Å². The Bertz CT molecular complexity index is 307. The Balaban J connectivity index is 1.77. The molecule has 84 valence electrons. The minimum atomic E-state index is 0.394. The molecule has 4 heteroatoms. The highest BCUT2D eigenvalue weighted by molar-refractivity contribution is 7.09. The molecule has 2 heterocycles. The van der Waals surface area contributed by atoms with Gasteiger partial charge in [0.2, 0.25) is 0 Å². The van der Waals surface area contributed by atoms with Gasteiger partial charge in [-0.2, -0.15) is 0 Å². The van der Waals surface area contributed by atoms with Crippen LogP contribution in [0.1, 0.15) is 30.5 Å². The second kappa shape index (κ2) is 5.05. The van der Waals surface area contributed by atoms with Gasteiger partial charge in [0.15, 0.2) is 0 Å². The van der Waals surface area contributed by atoms with Gasteiger partial charge in [0, 0.05) is 30.3 Å². The van der Waals surface area contributed by atoms with E-state index in [1.54, 1.807) is 11.3 Å². The molecule has 0 bridgehead atoms. The molecule has 1 fully saturated rings. The summed E-state index contributed by atoms with van der Waals surface area (Å²) >= 11 is 1.72. The van der Waals surface area contributed by atoms with Gasteiger partial charge < -0.3 is 10.1 Å². The van der Waals surface area contributed by atoms with Crippen LogP contribution in [0.3, 0.4) is 0 Å². The van der Waals surface area contributed by atoms with E-state index < -0.39 is 0 Å². The van der Waals surface area contributed by atoms with Gasteiger partial charge in [-0.05, 0) is 26.7 Å². The highest BCUT2D eigenvalue weighted by Crippen LogP contribution is 2.16. The lowest BCUT2D eigenvalue weighted by Gasteiger charge is -2.19. The van der Waals surface area contributed by atoms with E-state index in [4.69, 9.17) is 4.74 Å². The van der Waals surface area contributed by atoms with E-state index in [-0.39, 0.29) is 0 Å². The molecule has 2 rings (SSSR count). The second-order valence-electron chi connectivity index (χ2n) is 4.10. The molecule has 0 aliphatic carbocycles. The fourth-order valence-electron chi connectivity index (χ4n) is 1.86. The molecule has 3 nitrogen and oxygen atoms in total. The summed E-state index contributed by atoms with van der Waals surface area (Å²) in [6.45, 7) is 6.01. The molecule has 1 aromatic rings. The van der Waals surface area contributed by atoms with E-state index >= 15 is 0 Å². The van der Waals surface area contributed by atoms with E-state index in [0.717, 1.165) is 23.9 Å². The van der Waals surface area contributed by atoms with Crippen LogP contribution in [0.15, 0.2) is 5.38 Å². The number of thiazole rings is 1. The molecule has 2 atom stereocenters. The van der Waals surface area contributed by atoms with Crippen LogP contribution in [-0.2, 0) is 11.3 Å². The van der Waals surface area contributed by atoms with Crippen molar-refractivity contribution in [1.29, 1.82) is 0 Å².